The molecule has 0 radical (unpaired) electrons. The van der Waals surface area contributed by atoms with Gasteiger partial charge < -0.3 is 10.1 Å². The fourth-order valence-electron chi connectivity index (χ4n) is 2.50. The Hall–Kier alpha value is -0.910. The zero-order chi connectivity index (χ0) is 12.4. The van der Waals surface area contributed by atoms with Crippen LogP contribution in [-0.2, 0) is 17.8 Å². The number of ether oxygens (including phenoxy) is 1. The Morgan fingerprint density at radius 3 is 3.05 bits per heavy atom. The van der Waals surface area contributed by atoms with E-state index in [1.54, 1.807) is 6.08 Å². The van der Waals surface area contributed by atoms with E-state index in [4.69, 9.17) is 4.74 Å². The molecule has 1 fully saturated rings. The molecule has 0 aromatic carbocycles. The van der Waals surface area contributed by atoms with E-state index in [9.17, 15) is 0 Å². The highest BCUT2D eigenvalue weighted by Gasteiger charge is 2.29. The fourth-order valence-corrected chi connectivity index (χ4v) is 2.50. The van der Waals surface area contributed by atoms with Crippen LogP contribution in [-0.4, -0.2) is 34.8 Å². The molecule has 2 aliphatic rings. The molecular weight excluding hydrogens is 264 g/mol. The van der Waals surface area contributed by atoms with Crippen LogP contribution in [0.15, 0.2) is 12.7 Å². The lowest BCUT2D eigenvalue weighted by Gasteiger charge is -2.23. The summed E-state index contributed by atoms with van der Waals surface area (Å²) in [5.74, 6) is 1.18. The van der Waals surface area contributed by atoms with Gasteiger partial charge in [-0.2, -0.15) is 0 Å². The second-order valence-corrected chi connectivity index (χ2v) is 5.20. The smallest absolute Gasteiger partial charge is 0.100 e. The molecule has 0 saturated heterocycles. The lowest BCUT2D eigenvalue weighted by atomic mass is 10.0. The summed E-state index contributed by atoms with van der Waals surface area (Å²) in [6.45, 7) is 7.80. The van der Waals surface area contributed by atoms with Crippen LogP contribution in [0.25, 0.3) is 0 Å². The Morgan fingerprint density at radius 1 is 1.47 bits per heavy atom. The van der Waals surface area contributed by atoms with Gasteiger partial charge in [0.05, 0.1) is 18.9 Å². The summed E-state index contributed by atoms with van der Waals surface area (Å²) in [5, 5.41) is 12.0. The summed E-state index contributed by atoms with van der Waals surface area (Å²) < 4.78 is 7.70. The Kier molecular flexibility index (Phi) is 4.96. The zero-order valence-electron chi connectivity index (χ0n) is 11.0. The second kappa shape index (κ2) is 6.50. The number of nitrogens with one attached hydrogen (secondary N) is 1. The van der Waals surface area contributed by atoms with Crippen LogP contribution < -0.4 is 5.32 Å². The van der Waals surface area contributed by atoms with Gasteiger partial charge in [-0.25, -0.2) is 4.68 Å². The molecule has 0 bridgehead atoms. The molecule has 1 aromatic heterocycles. The molecule has 19 heavy (non-hydrogen) atoms. The molecule has 1 saturated carbocycles. The van der Waals surface area contributed by atoms with Crippen LogP contribution in [0.3, 0.4) is 0 Å². The minimum atomic E-state index is 0. The summed E-state index contributed by atoms with van der Waals surface area (Å²) in [6.07, 6.45) is 4.46. The van der Waals surface area contributed by atoms with Crippen LogP contribution in [0.1, 0.15) is 30.1 Å². The topological polar surface area (TPSA) is 52.0 Å². The average molecular weight is 285 g/mol. The molecule has 5 nitrogen and oxygen atoms in total. The van der Waals surface area contributed by atoms with Gasteiger partial charge in [0, 0.05) is 25.6 Å². The van der Waals surface area contributed by atoms with Crippen LogP contribution in [0.4, 0.5) is 0 Å². The van der Waals surface area contributed by atoms with Gasteiger partial charge in [0.1, 0.15) is 5.69 Å². The van der Waals surface area contributed by atoms with Gasteiger partial charge in [-0.15, -0.1) is 24.1 Å². The van der Waals surface area contributed by atoms with Crippen LogP contribution in [0.2, 0.25) is 0 Å². The number of hydrogen-bond acceptors (Lipinski definition) is 4. The van der Waals surface area contributed by atoms with Gasteiger partial charge in [-0.1, -0.05) is 11.3 Å². The quantitative estimate of drug-likeness (QED) is 0.635. The van der Waals surface area contributed by atoms with Crippen molar-refractivity contribution in [3.8, 4) is 0 Å². The molecule has 2 heterocycles. The Bertz CT molecular complexity index is 430. The van der Waals surface area contributed by atoms with Gasteiger partial charge in [0.15, 0.2) is 0 Å². The number of rotatable bonds is 6. The predicted molar refractivity (Wildman–Crippen MR) is 75.5 cm³/mol. The first-order valence-electron chi connectivity index (χ1n) is 6.70. The van der Waals surface area contributed by atoms with Crippen molar-refractivity contribution >= 4 is 12.4 Å². The van der Waals surface area contributed by atoms with Crippen molar-refractivity contribution in [2.24, 2.45) is 5.92 Å². The molecule has 1 aliphatic heterocycles. The second-order valence-electron chi connectivity index (χ2n) is 5.20. The largest absolute Gasteiger partial charge is 0.377 e. The number of nitrogens with zero attached hydrogens (tertiary/aromatic N) is 3. The first-order chi connectivity index (χ1) is 8.88. The van der Waals surface area contributed by atoms with Gasteiger partial charge in [-0.05, 0) is 18.8 Å². The molecule has 1 N–H and O–H groups in total. The van der Waals surface area contributed by atoms with E-state index in [0.717, 1.165) is 31.2 Å². The SMILES string of the molecule is C=CCOCC1CNCc2nnn(CC3CC3)c21.Cl. The first kappa shape index (κ1) is 14.5. The molecule has 6 heteroatoms. The van der Waals surface area contributed by atoms with Gasteiger partial charge in [-0.3, -0.25) is 0 Å². The molecule has 0 spiro atoms. The van der Waals surface area contributed by atoms with Crippen LogP contribution >= 0.6 is 12.4 Å². The van der Waals surface area contributed by atoms with E-state index in [1.165, 1.54) is 18.5 Å². The first-order valence-corrected chi connectivity index (χ1v) is 6.70. The van der Waals surface area contributed by atoms with E-state index in [1.807, 2.05) is 0 Å². The van der Waals surface area contributed by atoms with Crippen molar-refractivity contribution in [1.29, 1.82) is 0 Å². The van der Waals surface area contributed by atoms with Crippen molar-refractivity contribution < 1.29 is 4.74 Å². The number of halogens is 1. The van der Waals surface area contributed by atoms with E-state index in [0.29, 0.717) is 19.1 Å². The monoisotopic (exact) mass is 284 g/mol. The van der Waals surface area contributed by atoms with Gasteiger partial charge in [0.2, 0.25) is 0 Å². The van der Waals surface area contributed by atoms with Crippen molar-refractivity contribution in [2.45, 2.75) is 31.8 Å². The van der Waals surface area contributed by atoms with Gasteiger partial charge >= 0.3 is 0 Å². The highest BCUT2D eigenvalue weighted by molar-refractivity contribution is 5.85. The third-order valence-corrected chi connectivity index (χ3v) is 3.60. The summed E-state index contributed by atoms with van der Waals surface area (Å²) in [5.41, 5.74) is 2.37. The lowest BCUT2D eigenvalue weighted by Crippen LogP contribution is -2.32. The Balaban J connectivity index is 0.00000133. The summed E-state index contributed by atoms with van der Waals surface area (Å²) in [6, 6.07) is 0. The fraction of sp³-hybridized carbons (Fsp3) is 0.692. The van der Waals surface area contributed by atoms with E-state index in [-0.39, 0.29) is 12.4 Å². The summed E-state index contributed by atoms with van der Waals surface area (Å²) in [4.78, 5) is 0. The van der Waals surface area contributed by atoms with Crippen molar-refractivity contribution in [3.05, 3.63) is 24.0 Å². The van der Waals surface area contributed by atoms with Crippen LogP contribution in [0, 0.1) is 5.92 Å². The Morgan fingerprint density at radius 2 is 2.32 bits per heavy atom. The third kappa shape index (κ3) is 3.35. The molecule has 0 amide bonds. The van der Waals surface area contributed by atoms with E-state index in [2.05, 4.69) is 26.9 Å². The third-order valence-electron chi connectivity index (χ3n) is 3.60. The van der Waals surface area contributed by atoms with E-state index < -0.39 is 0 Å². The summed E-state index contributed by atoms with van der Waals surface area (Å²) >= 11 is 0. The standard InChI is InChI=1S/C13H20N4O.ClH/c1-2-5-18-9-11-6-14-7-12-13(11)17(16-15-12)8-10-3-4-10;/h2,10-11,14H,1,3-9H2;1H. The molecule has 1 aromatic rings. The molecule has 3 rings (SSSR count). The molecular formula is C13H21ClN4O. The normalized spacial score (nSPS) is 21.6. The maximum absolute atomic E-state index is 5.60. The average Bonchev–Trinajstić information content (AvgIpc) is 3.10. The minimum Gasteiger partial charge on any atom is -0.377 e. The highest BCUT2D eigenvalue weighted by Crippen LogP contribution is 2.32. The van der Waals surface area contributed by atoms with E-state index >= 15 is 0 Å². The molecule has 1 atom stereocenters. The minimum absolute atomic E-state index is 0. The molecule has 1 unspecified atom stereocenters. The zero-order valence-corrected chi connectivity index (χ0v) is 11.9. The predicted octanol–water partition coefficient (Wildman–Crippen LogP) is 1.50. The van der Waals surface area contributed by atoms with Crippen molar-refractivity contribution in [3.63, 3.8) is 0 Å². The highest BCUT2D eigenvalue weighted by atomic mass is 35.5. The lowest BCUT2D eigenvalue weighted by molar-refractivity contribution is 0.140. The number of aromatic nitrogens is 3. The molecule has 1 aliphatic carbocycles. The van der Waals surface area contributed by atoms with Crippen molar-refractivity contribution in [1.82, 2.24) is 20.3 Å². The number of hydrogen-bond donors (Lipinski definition) is 1. The van der Waals surface area contributed by atoms with Crippen LogP contribution in [0.5, 0.6) is 0 Å². The van der Waals surface area contributed by atoms with Crippen molar-refractivity contribution in [2.75, 3.05) is 19.8 Å². The molecule has 106 valence electrons. The number of fused-ring (bicyclic) bond motifs is 1. The maximum Gasteiger partial charge on any atom is 0.100 e. The summed E-state index contributed by atoms with van der Waals surface area (Å²) in [7, 11) is 0. The Labute approximate surface area is 119 Å². The maximum atomic E-state index is 5.60. The van der Waals surface area contributed by atoms with Gasteiger partial charge in [0.25, 0.3) is 0 Å².